The zero-order chi connectivity index (χ0) is 21.2. The minimum Gasteiger partial charge on any atom is -0.351 e. The largest absolute Gasteiger partial charge is 0.351 e. The monoisotopic (exact) mass is 438 g/mol. The number of nitrogens with one attached hydrogen (secondary N) is 1. The fourth-order valence-corrected chi connectivity index (χ4v) is 8.87. The number of rotatable bonds is 4. The molecule has 0 aromatic heterocycles. The maximum absolute atomic E-state index is 13.5. The standard InChI is InChI=1S/C25H30N2O3S/c28-25(26-24-20-11-16-10-17(13-20)14-21(24)12-16)23-6-3-9-27(23)31(29,30)22-8-7-18-4-1-2-5-19(18)15-22/h1-2,4-5,7-8,15-17,20-21,23-24H,3,6,9-14H2,(H,26,28)/t16?,17?,20?,21?,23-,24?/m0/s1. The van der Waals surface area contributed by atoms with Crippen molar-refractivity contribution in [2.45, 2.75) is 61.9 Å². The van der Waals surface area contributed by atoms with Gasteiger partial charge in [0.25, 0.3) is 0 Å². The molecular weight excluding hydrogens is 408 g/mol. The van der Waals surface area contributed by atoms with Crippen LogP contribution >= 0.6 is 0 Å². The van der Waals surface area contributed by atoms with Gasteiger partial charge in [-0.3, -0.25) is 4.79 Å². The number of benzene rings is 2. The van der Waals surface area contributed by atoms with Gasteiger partial charge in [0.05, 0.1) is 4.90 Å². The number of nitrogens with zero attached hydrogens (tertiary/aromatic N) is 1. The first-order chi connectivity index (χ1) is 15.0. The summed E-state index contributed by atoms with van der Waals surface area (Å²) in [7, 11) is -3.71. The summed E-state index contributed by atoms with van der Waals surface area (Å²) < 4.78 is 28.4. The lowest BCUT2D eigenvalue weighted by atomic mass is 9.54. The molecular formula is C25H30N2O3S. The Bertz CT molecular complexity index is 1100. The zero-order valence-electron chi connectivity index (χ0n) is 17.7. The third-order valence-corrected chi connectivity index (χ3v) is 10.3. The van der Waals surface area contributed by atoms with Gasteiger partial charge in [0.2, 0.25) is 15.9 Å². The Morgan fingerprint density at radius 3 is 2.29 bits per heavy atom. The van der Waals surface area contributed by atoms with Crippen LogP contribution in [0.15, 0.2) is 47.4 Å². The van der Waals surface area contributed by atoms with Gasteiger partial charge in [0, 0.05) is 12.6 Å². The molecule has 4 aliphatic carbocycles. The van der Waals surface area contributed by atoms with Crippen LogP contribution in [0.2, 0.25) is 0 Å². The van der Waals surface area contributed by atoms with Crippen molar-refractivity contribution < 1.29 is 13.2 Å². The number of hydrogen-bond acceptors (Lipinski definition) is 3. The van der Waals surface area contributed by atoms with E-state index in [1.54, 1.807) is 12.1 Å². The molecule has 2 aromatic carbocycles. The van der Waals surface area contributed by atoms with Crippen molar-refractivity contribution in [3.8, 4) is 0 Å². The van der Waals surface area contributed by atoms with E-state index in [1.807, 2.05) is 30.3 Å². The highest BCUT2D eigenvalue weighted by atomic mass is 32.2. The van der Waals surface area contributed by atoms with Crippen LogP contribution in [0, 0.1) is 23.7 Å². The number of carbonyl (C=O) groups is 1. The topological polar surface area (TPSA) is 66.5 Å². The molecule has 5 fully saturated rings. The van der Waals surface area contributed by atoms with Gasteiger partial charge < -0.3 is 5.32 Å². The predicted octanol–water partition coefficient (Wildman–Crippen LogP) is 3.93. The van der Waals surface area contributed by atoms with Crippen LogP contribution in [0.25, 0.3) is 10.8 Å². The van der Waals surface area contributed by atoms with Gasteiger partial charge in [0.1, 0.15) is 6.04 Å². The average molecular weight is 439 g/mol. The van der Waals surface area contributed by atoms with Gasteiger partial charge in [-0.25, -0.2) is 8.42 Å². The van der Waals surface area contributed by atoms with Gasteiger partial charge in [-0.15, -0.1) is 0 Å². The van der Waals surface area contributed by atoms with Gasteiger partial charge >= 0.3 is 0 Å². The number of amides is 1. The van der Waals surface area contributed by atoms with E-state index in [2.05, 4.69) is 5.32 Å². The van der Waals surface area contributed by atoms with E-state index in [4.69, 9.17) is 0 Å². The summed E-state index contributed by atoms with van der Waals surface area (Å²) in [6.07, 6.45) is 7.67. The SMILES string of the molecule is O=C(NC1C2CC3CC(C2)CC1C3)[C@@H]1CCCN1S(=O)(=O)c1ccc2ccccc2c1. The summed E-state index contributed by atoms with van der Waals surface area (Å²) in [5.41, 5.74) is 0. The van der Waals surface area contributed by atoms with Crippen LogP contribution in [0.4, 0.5) is 0 Å². The van der Waals surface area contributed by atoms with E-state index in [1.165, 1.54) is 36.4 Å². The summed E-state index contributed by atoms with van der Waals surface area (Å²) >= 11 is 0. The number of hydrogen-bond donors (Lipinski definition) is 1. The maximum atomic E-state index is 13.5. The third kappa shape index (κ3) is 3.30. The summed E-state index contributed by atoms with van der Waals surface area (Å²) in [4.78, 5) is 13.6. The summed E-state index contributed by atoms with van der Waals surface area (Å²) in [5, 5.41) is 5.26. The van der Waals surface area contributed by atoms with Crippen molar-refractivity contribution in [2.75, 3.05) is 6.54 Å². The summed E-state index contributed by atoms with van der Waals surface area (Å²) in [6.45, 7) is 0.412. The van der Waals surface area contributed by atoms with E-state index in [-0.39, 0.29) is 16.8 Å². The van der Waals surface area contributed by atoms with Crippen LogP contribution in [-0.4, -0.2) is 37.3 Å². The van der Waals surface area contributed by atoms with E-state index in [9.17, 15) is 13.2 Å². The molecule has 164 valence electrons. The summed E-state index contributed by atoms with van der Waals surface area (Å²) in [5.74, 6) is 2.80. The first kappa shape index (κ1) is 19.7. The molecule has 4 bridgehead atoms. The molecule has 7 rings (SSSR count). The molecule has 5 aliphatic rings. The van der Waals surface area contributed by atoms with Gasteiger partial charge in [-0.2, -0.15) is 4.31 Å². The van der Waals surface area contributed by atoms with Gasteiger partial charge in [0.15, 0.2) is 0 Å². The molecule has 0 spiro atoms. The van der Waals surface area contributed by atoms with Crippen molar-refractivity contribution in [2.24, 2.45) is 23.7 Å². The van der Waals surface area contributed by atoms with Crippen molar-refractivity contribution in [1.29, 1.82) is 0 Å². The van der Waals surface area contributed by atoms with Crippen molar-refractivity contribution in [1.82, 2.24) is 9.62 Å². The normalized spacial score (nSPS) is 35.0. The quantitative estimate of drug-likeness (QED) is 0.786. The molecule has 1 amide bonds. The van der Waals surface area contributed by atoms with E-state index in [0.717, 1.165) is 29.0 Å². The Balaban J connectivity index is 1.23. The molecule has 1 N–H and O–H groups in total. The van der Waals surface area contributed by atoms with Crippen molar-refractivity contribution in [3.05, 3.63) is 42.5 Å². The molecule has 31 heavy (non-hydrogen) atoms. The molecule has 1 saturated heterocycles. The minimum absolute atomic E-state index is 0.0839. The fourth-order valence-electron chi connectivity index (χ4n) is 7.17. The van der Waals surface area contributed by atoms with Crippen LogP contribution < -0.4 is 5.32 Å². The zero-order valence-corrected chi connectivity index (χ0v) is 18.6. The van der Waals surface area contributed by atoms with Crippen molar-refractivity contribution >= 4 is 26.7 Å². The Hall–Kier alpha value is -1.92. The lowest BCUT2D eigenvalue weighted by molar-refractivity contribution is -0.128. The van der Waals surface area contributed by atoms with Gasteiger partial charge in [-0.1, -0.05) is 30.3 Å². The van der Waals surface area contributed by atoms with Gasteiger partial charge in [-0.05, 0) is 91.5 Å². The molecule has 1 atom stereocenters. The Kier molecular flexibility index (Phi) is 4.65. The van der Waals surface area contributed by atoms with Crippen LogP contribution in [0.5, 0.6) is 0 Å². The summed E-state index contributed by atoms with van der Waals surface area (Å²) in [6, 6.07) is 12.7. The molecule has 0 unspecified atom stereocenters. The highest BCUT2D eigenvalue weighted by Gasteiger charge is 2.49. The van der Waals surface area contributed by atoms with Crippen molar-refractivity contribution in [3.63, 3.8) is 0 Å². The highest BCUT2D eigenvalue weighted by Crippen LogP contribution is 2.53. The number of sulfonamides is 1. The molecule has 1 heterocycles. The second-order valence-corrected chi connectivity index (χ2v) is 12.1. The lowest BCUT2D eigenvalue weighted by Crippen LogP contribution is -2.58. The maximum Gasteiger partial charge on any atom is 0.243 e. The minimum atomic E-state index is -3.71. The Morgan fingerprint density at radius 2 is 1.58 bits per heavy atom. The molecule has 0 radical (unpaired) electrons. The number of carbonyl (C=O) groups excluding carboxylic acids is 1. The second-order valence-electron chi connectivity index (χ2n) is 10.2. The fraction of sp³-hybridized carbons (Fsp3) is 0.560. The molecule has 6 heteroatoms. The lowest BCUT2D eigenvalue weighted by Gasteiger charge is -2.54. The first-order valence-corrected chi connectivity index (χ1v) is 13.2. The Morgan fingerprint density at radius 1 is 0.903 bits per heavy atom. The van der Waals surface area contributed by atoms with E-state index < -0.39 is 16.1 Å². The van der Waals surface area contributed by atoms with Crippen LogP contribution in [-0.2, 0) is 14.8 Å². The number of fused-ring (bicyclic) bond motifs is 1. The predicted molar refractivity (Wildman–Crippen MR) is 120 cm³/mol. The molecule has 1 aliphatic heterocycles. The van der Waals surface area contributed by atoms with E-state index >= 15 is 0 Å². The first-order valence-electron chi connectivity index (χ1n) is 11.8. The molecule has 2 aromatic rings. The second kappa shape index (κ2) is 7.31. The average Bonchev–Trinajstić information content (AvgIpc) is 3.26. The Labute approximate surface area is 184 Å². The smallest absolute Gasteiger partial charge is 0.243 e. The van der Waals surface area contributed by atoms with Crippen LogP contribution in [0.1, 0.15) is 44.9 Å². The molecule has 5 nitrogen and oxygen atoms in total. The van der Waals surface area contributed by atoms with E-state index in [0.29, 0.717) is 24.8 Å². The molecule has 4 saturated carbocycles. The van der Waals surface area contributed by atoms with Crippen LogP contribution in [0.3, 0.4) is 0 Å². The third-order valence-electron chi connectivity index (χ3n) is 8.37. The highest BCUT2D eigenvalue weighted by molar-refractivity contribution is 7.89.